The standard InChI is InChI=1S/C14H20N2O2/c1-2-18-14(17)12-9-15-10-13(12)16-8-11-6-4-3-5-7-11/h3-7,12-13,15-16H,2,8-10H2,1H3/t12-,13-/m1/s1. The lowest BCUT2D eigenvalue weighted by Gasteiger charge is -2.18. The van der Waals surface area contributed by atoms with Crippen LogP contribution < -0.4 is 10.6 Å². The van der Waals surface area contributed by atoms with Gasteiger partial charge in [-0.15, -0.1) is 0 Å². The first kappa shape index (κ1) is 13.1. The number of rotatable bonds is 5. The van der Waals surface area contributed by atoms with E-state index in [-0.39, 0.29) is 17.9 Å². The number of carbonyl (C=O) groups is 1. The zero-order valence-electron chi connectivity index (χ0n) is 10.7. The molecule has 4 nitrogen and oxygen atoms in total. The second-order valence-corrected chi connectivity index (χ2v) is 4.49. The van der Waals surface area contributed by atoms with E-state index in [4.69, 9.17) is 4.74 Å². The van der Waals surface area contributed by atoms with E-state index < -0.39 is 0 Å². The smallest absolute Gasteiger partial charge is 0.311 e. The number of ether oxygens (including phenoxy) is 1. The predicted octanol–water partition coefficient (Wildman–Crippen LogP) is 0.927. The largest absolute Gasteiger partial charge is 0.466 e. The van der Waals surface area contributed by atoms with Gasteiger partial charge in [0.25, 0.3) is 0 Å². The molecule has 2 atom stereocenters. The molecule has 0 aromatic heterocycles. The quantitative estimate of drug-likeness (QED) is 0.761. The first-order valence-corrected chi connectivity index (χ1v) is 6.46. The fourth-order valence-electron chi connectivity index (χ4n) is 2.23. The average Bonchev–Trinajstić information content (AvgIpc) is 2.86. The maximum atomic E-state index is 11.8. The molecule has 0 unspecified atom stereocenters. The molecular formula is C14H20N2O2. The number of hydrogen-bond acceptors (Lipinski definition) is 4. The third-order valence-electron chi connectivity index (χ3n) is 3.21. The summed E-state index contributed by atoms with van der Waals surface area (Å²) in [6, 6.07) is 10.4. The molecular weight excluding hydrogens is 228 g/mol. The van der Waals surface area contributed by atoms with Crippen LogP contribution in [0.5, 0.6) is 0 Å². The molecule has 1 aromatic rings. The van der Waals surface area contributed by atoms with Crippen LogP contribution in [0.2, 0.25) is 0 Å². The summed E-state index contributed by atoms with van der Waals surface area (Å²) in [5.41, 5.74) is 1.23. The lowest BCUT2D eigenvalue weighted by Crippen LogP contribution is -2.39. The number of nitrogens with one attached hydrogen (secondary N) is 2. The molecule has 1 aromatic carbocycles. The van der Waals surface area contributed by atoms with Crippen molar-refractivity contribution in [1.82, 2.24) is 10.6 Å². The van der Waals surface area contributed by atoms with Crippen LogP contribution in [0.4, 0.5) is 0 Å². The van der Waals surface area contributed by atoms with Gasteiger partial charge in [-0.2, -0.15) is 0 Å². The number of benzene rings is 1. The first-order chi connectivity index (χ1) is 8.81. The molecule has 1 saturated heterocycles. The van der Waals surface area contributed by atoms with Crippen molar-refractivity contribution in [3.05, 3.63) is 35.9 Å². The van der Waals surface area contributed by atoms with Gasteiger partial charge >= 0.3 is 5.97 Å². The summed E-state index contributed by atoms with van der Waals surface area (Å²) in [5.74, 6) is -0.179. The third kappa shape index (κ3) is 3.31. The van der Waals surface area contributed by atoms with Gasteiger partial charge in [0.15, 0.2) is 0 Å². The van der Waals surface area contributed by atoms with Gasteiger partial charge in [0.05, 0.1) is 12.5 Å². The van der Waals surface area contributed by atoms with Gasteiger partial charge in [-0.05, 0) is 12.5 Å². The SMILES string of the molecule is CCOC(=O)[C@@H]1CNC[C@H]1NCc1ccccc1. The van der Waals surface area contributed by atoms with E-state index in [9.17, 15) is 4.79 Å². The van der Waals surface area contributed by atoms with Crippen molar-refractivity contribution in [2.75, 3.05) is 19.7 Å². The van der Waals surface area contributed by atoms with Gasteiger partial charge in [-0.3, -0.25) is 4.79 Å². The first-order valence-electron chi connectivity index (χ1n) is 6.46. The van der Waals surface area contributed by atoms with E-state index in [2.05, 4.69) is 22.8 Å². The maximum Gasteiger partial charge on any atom is 0.311 e. The van der Waals surface area contributed by atoms with Crippen molar-refractivity contribution in [3.63, 3.8) is 0 Å². The topological polar surface area (TPSA) is 50.4 Å². The Labute approximate surface area is 108 Å². The van der Waals surface area contributed by atoms with Crippen LogP contribution in [-0.2, 0) is 16.1 Å². The predicted molar refractivity (Wildman–Crippen MR) is 70.1 cm³/mol. The molecule has 1 aliphatic rings. The Morgan fingerprint density at radius 1 is 1.39 bits per heavy atom. The Bertz CT molecular complexity index is 381. The summed E-state index contributed by atoms with van der Waals surface area (Å²) < 4.78 is 5.09. The molecule has 0 spiro atoms. The van der Waals surface area contributed by atoms with Crippen molar-refractivity contribution >= 4 is 5.97 Å². The highest BCUT2D eigenvalue weighted by atomic mass is 16.5. The molecule has 1 fully saturated rings. The average molecular weight is 248 g/mol. The lowest BCUT2D eigenvalue weighted by molar-refractivity contribution is -0.147. The third-order valence-corrected chi connectivity index (χ3v) is 3.21. The second-order valence-electron chi connectivity index (χ2n) is 4.49. The fraction of sp³-hybridized carbons (Fsp3) is 0.500. The van der Waals surface area contributed by atoms with Crippen molar-refractivity contribution in [2.45, 2.75) is 19.5 Å². The van der Waals surface area contributed by atoms with Crippen LogP contribution in [0.3, 0.4) is 0 Å². The Morgan fingerprint density at radius 2 is 2.17 bits per heavy atom. The van der Waals surface area contributed by atoms with E-state index in [1.807, 2.05) is 25.1 Å². The second kappa shape index (κ2) is 6.52. The number of esters is 1. The molecule has 2 N–H and O–H groups in total. The lowest BCUT2D eigenvalue weighted by atomic mass is 10.0. The summed E-state index contributed by atoms with van der Waals surface area (Å²) in [5, 5.41) is 6.66. The minimum absolute atomic E-state index is 0.0753. The van der Waals surface area contributed by atoms with Gasteiger partial charge < -0.3 is 15.4 Å². The van der Waals surface area contributed by atoms with E-state index in [0.717, 1.165) is 13.1 Å². The molecule has 1 heterocycles. The van der Waals surface area contributed by atoms with Crippen LogP contribution in [0, 0.1) is 5.92 Å². The molecule has 0 amide bonds. The minimum Gasteiger partial charge on any atom is -0.466 e. The van der Waals surface area contributed by atoms with Crippen LogP contribution in [0.25, 0.3) is 0 Å². The highest BCUT2D eigenvalue weighted by molar-refractivity contribution is 5.74. The minimum atomic E-state index is -0.104. The number of hydrogen-bond donors (Lipinski definition) is 2. The summed E-state index contributed by atoms with van der Waals surface area (Å²) in [6.07, 6.45) is 0. The van der Waals surface area contributed by atoms with Crippen molar-refractivity contribution in [3.8, 4) is 0 Å². The highest BCUT2D eigenvalue weighted by Gasteiger charge is 2.33. The van der Waals surface area contributed by atoms with Crippen LogP contribution in [-0.4, -0.2) is 31.7 Å². The van der Waals surface area contributed by atoms with Crippen molar-refractivity contribution in [1.29, 1.82) is 0 Å². The van der Waals surface area contributed by atoms with E-state index in [1.54, 1.807) is 0 Å². The summed E-state index contributed by atoms with van der Waals surface area (Å²) in [6.45, 7) is 4.58. The van der Waals surface area contributed by atoms with Crippen molar-refractivity contribution in [2.24, 2.45) is 5.92 Å². The zero-order chi connectivity index (χ0) is 12.8. The van der Waals surface area contributed by atoms with Crippen LogP contribution in [0.1, 0.15) is 12.5 Å². The molecule has 0 bridgehead atoms. The Balaban J connectivity index is 1.86. The van der Waals surface area contributed by atoms with E-state index >= 15 is 0 Å². The molecule has 2 rings (SSSR count). The molecule has 1 aliphatic heterocycles. The summed E-state index contributed by atoms with van der Waals surface area (Å²) >= 11 is 0. The Morgan fingerprint density at radius 3 is 2.89 bits per heavy atom. The van der Waals surface area contributed by atoms with Crippen LogP contribution >= 0.6 is 0 Å². The van der Waals surface area contributed by atoms with E-state index in [1.165, 1.54) is 5.56 Å². The van der Waals surface area contributed by atoms with Gasteiger partial charge in [0.1, 0.15) is 0 Å². The Kier molecular flexibility index (Phi) is 4.73. The van der Waals surface area contributed by atoms with Gasteiger partial charge in [0, 0.05) is 25.7 Å². The van der Waals surface area contributed by atoms with Gasteiger partial charge in [0.2, 0.25) is 0 Å². The summed E-state index contributed by atoms with van der Waals surface area (Å²) in [7, 11) is 0. The molecule has 98 valence electrons. The van der Waals surface area contributed by atoms with Gasteiger partial charge in [-0.1, -0.05) is 30.3 Å². The molecule has 0 saturated carbocycles. The Hall–Kier alpha value is -1.39. The zero-order valence-corrected chi connectivity index (χ0v) is 10.7. The van der Waals surface area contributed by atoms with E-state index in [0.29, 0.717) is 13.2 Å². The monoisotopic (exact) mass is 248 g/mol. The highest BCUT2D eigenvalue weighted by Crippen LogP contribution is 2.12. The fourth-order valence-corrected chi connectivity index (χ4v) is 2.23. The molecule has 4 heteroatoms. The molecule has 0 aliphatic carbocycles. The van der Waals surface area contributed by atoms with Gasteiger partial charge in [-0.25, -0.2) is 0 Å². The molecule has 0 radical (unpaired) electrons. The van der Waals surface area contributed by atoms with Crippen LogP contribution in [0.15, 0.2) is 30.3 Å². The maximum absolute atomic E-state index is 11.8. The van der Waals surface area contributed by atoms with Crippen molar-refractivity contribution < 1.29 is 9.53 Å². The number of carbonyl (C=O) groups excluding carboxylic acids is 1. The normalized spacial score (nSPS) is 22.9. The summed E-state index contributed by atoms with van der Waals surface area (Å²) in [4.78, 5) is 11.8. The molecule has 18 heavy (non-hydrogen) atoms.